The van der Waals surface area contributed by atoms with E-state index in [4.69, 9.17) is 35.4 Å². The van der Waals surface area contributed by atoms with E-state index >= 15 is 0 Å². The van der Waals surface area contributed by atoms with Crippen molar-refractivity contribution < 1.29 is 0 Å². The third-order valence-electron chi connectivity index (χ3n) is 3.66. The second-order valence-electron chi connectivity index (χ2n) is 5.53. The molecule has 0 spiro atoms. The largest absolute Gasteiger partial charge is 0.331 e. The summed E-state index contributed by atoms with van der Waals surface area (Å²) in [6.45, 7) is 2.80. The van der Waals surface area contributed by atoms with Gasteiger partial charge in [0.05, 0.1) is 17.3 Å². The lowest BCUT2D eigenvalue weighted by Gasteiger charge is -2.10. The summed E-state index contributed by atoms with van der Waals surface area (Å²) in [7, 11) is 0. The molecule has 0 aliphatic carbocycles. The molecule has 0 bridgehead atoms. The molecule has 0 aliphatic heterocycles. The highest BCUT2D eigenvalue weighted by Gasteiger charge is 2.06. The summed E-state index contributed by atoms with van der Waals surface area (Å²) in [5, 5.41) is 12.1. The van der Waals surface area contributed by atoms with Gasteiger partial charge in [0.15, 0.2) is 10.9 Å². The van der Waals surface area contributed by atoms with E-state index in [9.17, 15) is 0 Å². The lowest BCUT2D eigenvalue weighted by atomic mass is 10.1. The topological polar surface area (TPSA) is 41.9 Å². The number of rotatable bonds is 4. The van der Waals surface area contributed by atoms with E-state index in [0.717, 1.165) is 0 Å². The first kappa shape index (κ1) is 17.7. The van der Waals surface area contributed by atoms with Crippen molar-refractivity contribution in [2.75, 3.05) is 10.6 Å². The van der Waals surface area contributed by atoms with Gasteiger partial charge in [0.1, 0.15) is 0 Å². The zero-order valence-corrected chi connectivity index (χ0v) is 15.8. The molecule has 0 fully saturated rings. The highest BCUT2D eigenvalue weighted by Crippen LogP contribution is 2.25. The van der Waals surface area contributed by atoms with Crippen LogP contribution in [0.2, 0.25) is 10.0 Å². The van der Waals surface area contributed by atoms with E-state index in [0.29, 0.717) is 33.2 Å². The van der Waals surface area contributed by atoms with Crippen LogP contribution in [0, 0.1) is 6.92 Å². The first-order valence-corrected chi connectivity index (χ1v) is 8.79. The molecule has 1 aromatic heterocycles. The molecule has 0 radical (unpaired) electrons. The van der Waals surface area contributed by atoms with Crippen LogP contribution < -0.4 is 10.6 Å². The number of hydrogen-bond donors (Lipinski definition) is 2. The van der Waals surface area contributed by atoms with Gasteiger partial charge in [-0.15, -0.1) is 0 Å². The van der Waals surface area contributed by atoms with Crippen molar-refractivity contribution in [1.82, 2.24) is 9.78 Å². The maximum Gasteiger partial charge on any atom is 0.176 e. The van der Waals surface area contributed by atoms with Crippen molar-refractivity contribution in [1.29, 1.82) is 0 Å². The Bertz CT molecular complexity index is 908. The van der Waals surface area contributed by atoms with Crippen LogP contribution in [-0.4, -0.2) is 14.9 Å². The minimum absolute atomic E-state index is 0.408. The van der Waals surface area contributed by atoms with Gasteiger partial charge in [-0.25, -0.2) is 0 Å². The second-order valence-corrected chi connectivity index (χ2v) is 6.78. The monoisotopic (exact) mass is 390 g/mol. The zero-order chi connectivity index (χ0) is 17.8. The predicted octanol–water partition coefficient (Wildman–Crippen LogP) is 5.36. The van der Waals surface area contributed by atoms with Crippen LogP contribution in [-0.2, 0) is 6.54 Å². The van der Waals surface area contributed by atoms with Crippen LogP contribution in [0.5, 0.6) is 0 Å². The lowest BCUT2D eigenvalue weighted by molar-refractivity contribution is 0.687. The molecular formula is C18H16Cl2N4S. The van der Waals surface area contributed by atoms with Gasteiger partial charge in [-0.2, -0.15) is 5.10 Å². The normalized spacial score (nSPS) is 10.5. The van der Waals surface area contributed by atoms with Gasteiger partial charge in [-0.05, 0) is 48.5 Å². The summed E-state index contributed by atoms with van der Waals surface area (Å²) in [5.41, 5.74) is 3.15. The number of aryl methyl sites for hydroxylation is 1. The summed E-state index contributed by atoms with van der Waals surface area (Å²) >= 11 is 17.3. The summed E-state index contributed by atoms with van der Waals surface area (Å²) in [5.74, 6) is 0.663. The first-order valence-electron chi connectivity index (χ1n) is 7.62. The number of anilines is 2. The van der Waals surface area contributed by atoms with Crippen LogP contribution >= 0.6 is 35.4 Å². The van der Waals surface area contributed by atoms with Crippen LogP contribution in [0.15, 0.2) is 54.7 Å². The van der Waals surface area contributed by atoms with Crippen molar-refractivity contribution in [2.45, 2.75) is 13.5 Å². The fourth-order valence-electron chi connectivity index (χ4n) is 2.34. The zero-order valence-electron chi connectivity index (χ0n) is 13.5. The minimum Gasteiger partial charge on any atom is -0.331 e. The number of benzene rings is 2. The molecule has 0 unspecified atom stereocenters. The molecule has 3 rings (SSSR count). The molecule has 2 aromatic carbocycles. The van der Waals surface area contributed by atoms with Gasteiger partial charge in [0, 0.05) is 17.3 Å². The van der Waals surface area contributed by atoms with Crippen molar-refractivity contribution in [3.05, 3.63) is 75.9 Å². The fraction of sp³-hybridized carbons (Fsp3) is 0.111. The Balaban J connectivity index is 1.63. The quantitative estimate of drug-likeness (QED) is 0.588. The van der Waals surface area contributed by atoms with E-state index < -0.39 is 0 Å². The molecule has 0 saturated heterocycles. The minimum atomic E-state index is 0.408. The van der Waals surface area contributed by atoms with E-state index in [1.807, 2.05) is 29.1 Å². The van der Waals surface area contributed by atoms with Crippen LogP contribution in [0.25, 0.3) is 0 Å². The highest BCUT2D eigenvalue weighted by atomic mass is 35.5. The molecule has 0 atom stereocenters. The number of aromatic nitrogens is 2. The summed E-state index contributed by atoms with van der Waals surface area (Å²) in [6.07, 6.45) is 1.91. The summed E-state index contributed by atoms with van der Waals surface area (Å²) in [4.78, 5) is 0. The highest BCUT2D eigenvalue weighted by molar-refractivity contribution is 7.80. The third kappa shape index (κ3) is 4.72. The van der Waals surface area contributed by atoms with E-state index in [2.05, 4.69) is 34.8 Å². The van der Waals surface area contributed by atoms with Crippen LogP contribution in [0.4, 0.5) is 11.5 Å². The van der Waals surface area contributed by atoms with Gasteiger partial charge in [-0.1, -0.05) is 47.5 Å². The number of nitrogens with zero attached hydrogens (tertiary/aromatic N) is 2. The maximum absolute atomic E-state index is 6.13. The standard InChI is InChI=1S/C18H16Cl2N4S/c1-12-4-2-3-5-13(12)11-24-9-8-17(23-24)22-18(25)21-16-7-6-14(19)10-15(16)20/h2-10H,11H2,1H3,(H2,21,22,23,25). The molecular weight excluding hydrogens is 375 g/mol. The van der Waals surface area contributed by atoms with Crippen molar-refractivity contribution >= 4 is 52.0 Å². The molecule has 0 amide bonds. The summed E-state index contributed by atoms with van der Waals surface area (Å²) < 4.78 is 1.86. The Morgan fingerprint density at radius 1 is 1.12 bits per heavy atom. The number of hydrogen-bond acceptors (Lipinski definition) is 2. The molecule has 25 heavy (non-hydrogen) atoms. The molecule has 0 aliphatic rings. The van der Waals surface area contributed by atoms with Crippen LogP contribution in [0.3, 0.4) is 0 Å². The molecule has 3 aromatic rings. The van der Waals surface area contributed by atoms with Gasteiger partial charge in [0.25, 0.3) is 0 Å². The molecule has 2 N–H and O–H groups in total. The Morgan fingerprint density at radius 3 is 2.68 bits per heavy atom. The summed E-state index contributed by atoms with van der Waals surface area (Å²) in [6, 6.07) is 15.3. The van der Waals surface area contributed by atoms with E-state index in [-0.39, 0.29) is 0 Å². The van der Waals surface area contributed by atoms with Crippen molar-refractivity contribution in [2.24, 2.45) is 0 Å². The SMILES string of the molecule is Cc1ccccc1Cn1ccc(NC(=S)Nc2ccc(Cl)cc2Cl)n1. The second kappa shape index (κ2) is 7.87. The molecule has 0 saturated carbocycles. The Kier molecular flexibility index (Phi) is 5.58. The van der Waals surface area contributed by atoms with Gasteiger partial charge < -0.3 is 10.6 Å². The van der Waals surface area contributed by atoms with Gasteiger partial charge in [-0.3, -0.25) is 4.68 Å². The molecule has 4 nitrogen and oxygen atoms in total. The predicted molar refractivity (Wildman–Crippen MR) is 109 cm³/mol. The Labute approximate surface area is 161 Å². The molecule has 1 heterocycles. The van der Waals surface area contributed by atoms with Gasteiger partial charge >= 0.3 is 0 Å². The van der Waals surface area contributed by atoms with Crippen molar-refractivity contribution in [3.8, 4) is 0 Å². The Hall–Kier alpha value is -2.08. The van der Waals surface area contributed by atoms with E-state index in [1.54, 1.807) is 18.2 Å². The maximum atomic E-state index is 6.13. The lowest BCUT2D eigenvalue weighted by Crippen LogP contribution is -2.19. The Morgan fingerprint density at radius 2 is 1.92 bits per heavy atom. The number of nitrogens with one attached hydrogen (secondary N) is 2. The fourth-order valence-corrected chi connectivity index (χ4v) is 3.01. The number of halogens is 2. The molecule has 128 valence electrons. The van der Waals surface area contributed by atoms with Crippen molar-refractivity contribution in [3.63, 3.8) is 0 Å². The first-order chi connectivity index (χ1) is 12.0. The molecule has 7 heteroatoms. The third-order valence-corrected chi connectivity index (χ3v) is 4.41. The number of thiocarbonyl (C=S) groups is 1. The smallest absolute Gasteiger partial charge is 0.176 e. The van der Waals surface area contributed by atoms with Gasteiger partial charge in [0.2, 0.25) is 0 Å². The van der Waals surface area contributed by atoms with E-state index in [1.165, 1.54) is 11.1 Å². The average Bonchev–Trinajstić information content (AvgIpc) is 2.99. The van der Waals surface area contributed by atoms with Crippen LogP contribution in [0.1, 0.15) is 11.1 Å². The average molecular weight is 391 g/mol.